The molecular weight excluding hydrogens is 334 g/mol. The van der Waals surface area contributed by atoms with Gasteiger partial charge in [-0.2, -0.15) is 0 Å². The van der Waals surface area contributed by atoms with Crippen LogP contribution in [0.3, 0.4) is 0 Å². The maximum Gasteiger partial charge on any atom is 0.167 e. The van der Waals surface area contributed by atoms with Gasteiger partial charge in [0.05, 0.1) is 5.92 Å². The summed E-state index contributed by atoms with van der Waals surface area (Å²) in [4.78, 5) is 28.0. The zero-order valence-electron chi connectivity index (χ0n) is 17.9. The van der Waals surface area contributed by atoms with Crippen molar-refractivity contribution in [3.8, 4) is 0 Å². The molecule has 2 saturated carbocycles. The van der Waals surface area contributed by atoms with Crippen molar-refractivity contribution < 1.29 is 9.59 Å². The van der Waals surface area contributed by atoms with Gasteiger partial charge in [0.25, 0.3) is 0 Å². The topological polar surface area (TPSA) is 37.4 Å². The van der Waals surface area contributed by atoms with Gasteiger partial charge in [-0.3, -0.25) is 9.59 Å². The van der Waals surface area contributed by atoms with E-state index in [9.17, 15) is 9.59 Å². The summed E-state index contributed by atoms with van der Waals surface area (Å²) in [7, 11) is 2.17. The number of fused-ring (bicyclic) bond motifs is 5. The number of rotatable bonds is 3. The van der Waals surface area contributed by atoms with E-state index < -0.39 is 5.92 Å². The van der Waals surface area contributed by atoms with E-state index in [0.717, 1.165) is 18.9 Å². The number of hydrogen-bond acceptors (Lipinski definition) is 3. The van der Waals surface area contributed by atoms with E-state index in [1.165, 1.54) is 37.8 Å². The standard InChI is InChI=1S/C24H37NO2/c1-15(2)11-20(26)16-13-24(4)19-8-10-23(3)9-6-7-18(23)17(19)14-25(5)22(24)12-21(16)27/h12,15-19H,6-11,13-14H2,1-5H3/t16?,17-,18-,19-,23-,24+/m0/s1. The van der Waals surface area contributed by atoms with Gasteiger partial charge in [-0.05, 0) is 61.2 Å². The molecule has 3 heteroatoms. The second-order valence-electron chi connectivity index (χ2n) is 11.0. The van der Waals surface area contributed by atoms with Crippen LogP contribution in [0.2, 0.25) is 0 Å². The molecule has 6 atom stereocenters. The summed E-state index contributed by atoms with van der Waals surface area (Å²) >= 11 is 0. The molecule has 3 nitrogen and oxygen atoms in total. The van der Waals surface area contributed by atoms with Crippen molar-refractivity contribution in [1.29, 1.82) is 0 Å². The molecule has 4 aliphatic rings. The monoisotopic (exact) mass is 371 g/mol. The predicted octanol–water partition coefficient (Wildman–Crippen LogP) is 4.86. The summed E-state index contributed by atoms with van der Waals surface area (Å²) in [5.41, 5.74) is 1.72. The minimum Gasteiger partial charge on any atom is -0.377 e. The third kappa shape index (κ3) is 2.91. The number of Topliss-reactive ketones (excluding diaryl/α,β-unsaturated/α-hetero) is 1. The van der Waals surface area contributed by atoms with Crippen LogP contribution >= 0.6 is 0 Å². The van der Waals surface area contributed by atoms with E-state index in [1.807, 2.05) is 6.08 Å². The lowest BCUT2D eigenvalue weighted by Crippen LogP contribution is -2.57. The normalized spacial score (nSPS) is 43.9. The average Bonchev–Trinajstić information content (AvgIpc) is 2.97. The third-order valence-corrected chi connectivity index (χ3v) is 8.77. The fourth-order valence-corrected chi connectivity index (χ4v) is 7.47. The number of nitrogens with zero attached hydrogens (tertiary/aromatic N) is 1. The van der Waals surface area contributed by atoms with Crippen molar-refractivity contribution in [3.63, 3.8) is 0 Å². The number of ketones is 2. The molecule has 0 spiro atoms. The summed E-state index contributed by atoms with van der Waals surface area (Å²) in [5.74, 6) is 2.28. The van der Waals surface area contributed by atoms with Crippen LogP contribution < -0.4 is 0 Å². The van der Waals surface area contributed by atoms with Gasteiger partial charge in [-0.15, -0.1) is 0 Å². The molecule has 150 valence electrons. The predicted molar refractivity (Wildman–Crippen MR) is 108 cm³/mol. The molecule has 4 rings (SSSR count). The van der Waals surface area contributed by atoms with Crippen molar-refractivity contribution in [2.75, 3.05) is 13.6 Å². The van der Waals surface area contributed by atoms with Crippen molar-refractivity contribution in [1.82, 2.24) is 4.90 Å². The van der Waals surface area contributed by atoms with Crippen LogP contribution in [0.1, 0.15) is 72.6 Å². The lowest BCUT2D eigenvalue weighted by Gasteiger charge is -2.60. The molecule has 0 aromatic carbocycles. The average molecular weight is 372 g/mol. The highest BCUT2D eigenvalue weighted by molar-refractivity contribution is 6.08. The summed E-state index contributed by atoms with van der Waals surface area (Å²) in [6.45, 7) is 10.1. The molecule has 0 amide bonds. The molecule has 0 aromatic heterocycles. The van der Waals surface area contributed by atoms with Gasteiger partial charge in [-0.1, -0.05) is 34.1 Å². The van der Waals surface area contributed by atoms with Gasteiger partial charge in [-0.25, -0.2) is 0 Å². The van der Waals surface area contributed by atoms with Gasteiger partial charge in [0.1, 0.15) is 5.78 Å². The highest BCUT2D eigenvalue weighted by Crippen LogP contribution is 2.64. The minimum atomic E-state index is -0.412. The first kappa shape index (κ1) is 19.2. The van der Waals surface area contributed by atoms with E-state index in [4.69, 9.17) is 0 Å². The first-order chi connectivity index (χ1) is 12.7. The number of hydrogen-bond donors (Lipinski definition) is 0. The molecule has 1 unspecified atom stereocenters. The van der Waals surface area contributed by atoms with E-state index in [-0.39, 0.29) is 17.0 Å². The molecule has 3 aliphatic carbocycles. The Kier molecular flexibility index (Phi) is 4.59. The number of allylic oxidation sites excluding steroid dienone is 2. The molecule has 1 aliphatic heterocycles. The number of likely N-dealkylation sites (tertiary alicyclic amines) is 1. The van der Waals surface area contributed by atoms with E-state index in [1.54, 1.807) is 0 Å². The largest absolute Gasteiger partial charge is 0.377 e. The fourth-order valence-electron chi connectivity index (χ4n) is 7.47. The Balaban J connectivity index is 1.67. The zero-order chi connectivity index (χ0) is 19.6. The molecular formula is C24H37NO2. The summed E-state index contributed by atoms with van der Waals surface area (Å²) in [6.07, 6.45) is 9.83. The highest BCUT2D eigenvalue weighted by Gasteiger charge is 2.59. The molecule has 1 heterocycles. The second kappa shape index (κ2) is 6.46. The van der Waals surface area contributed by atoms with E-state index >= 15 is 0 Å². The van der Waals surface area contributed by atoms with Crippen LogP contribution in [0.4, 0.5) is 0 Å². The number of carbonyl (C=O) groups excluding carboxylic acids is 2. The van der Waals surface area contributed by atoms with Crippen LogP contribution in [-0.2, 0) is 9.59 Å². The van der Waals surface area contributed by atoms with Crippen LogP contribution in [0.5, 0.6) is 0 Å². The quantitative estimate of drug-likeness (QED) is 0.665. The van der Waals surface area contributed by atoms with Crippen molar-refractivity contribution in [2.24, 2.45) is 40.4 Å². The zero-order valence-corrected chi connectivity index (χ0v) is 17.9. The van der Waals surface area contributed by atoms with Crippen LogP contribution in [0, 0.1) is 40.4 Å². The Morgan fingerprint density at radius 3 is 2.67 bits per heavy atom. The Bertz CT molecular complexity index is 680. The van der Waals surface area contributed by atoms with Crippen molar-refractivity contribution >= 4 is 11.6 Å². The molecule has 27 heavy (non-hydrogen) atoms. The van der Waals surface area contributed by atoms with Crippen LogP contribution in [0.15, 0.2) is 11.8 Å². The van der Waals surface area contributed by atoms with Gasteiger partial charge < -0.3 is 4.90 Å². The summed E-state index contributed by atoms with van der Waals surface area (Å²) in [6, 6.07) is 0. The maximum absolute atomic E-state index is 12.8. The molecule has 0 N–H and O–H groups in total. The van der Waals surface area contributed by atoms with Gasteiger partial charge in [0.2, 0.25) is 0 Å². The fraction of sp³-hybridized carbons (Fsp3) is 0.833. The second-order valence-corrected chi connectivity index (χ2v) is 11.0. The molecule has 1 saturated heterocycles. The Hall–Kier alpha value is -1.12. The Morgan fingerprint density at radius 2 is 1.96 bits per heavy atom. The molecule has 0 aromatic rings. The molecule has 0 radical (unpaired) electrons. The third-order valence-electron chi connectivity index (χ3n) is 8.77. The maximum atomic E-state index is 12.8. The van der Waals surface area contributed by atoms with Crippen molar-refractivity contribution in [3.05, 3.63) is 11.8 Å². The minimum absolute atomic E-state index is 0.0210. The van der Waals surface area contributed by atoms with Crippen LogP contribution in [0.25, 0.3) is 0 Å². The van der Waals surface area contributed by atoms with Gasteiger partial charge >= 0.3 is 0 Å². The van der Waals surface area contributed by atoms with Gasteiger partial charge in [0, 0.05) is 37.2 Å². The van der Waals surface area contributed by atoms with Crippen molar-refractivity contribution in [2.45, 2.75) is 72.6 Å². The number of piperidine rings is 1. The lowest BCUT2D eigenvalue weighted by molar-refractivity contribution is -0.136. The Labute approximate surface area is 165 Å². The highest BCUT2D eigenvalue weighted by atomic mass is 16.1. The molecule has 0 bridgehead atoms. The molecule has 3 fully saturated rings. The summed E-state index contributed by atoms with van der Waals surface area (Å²) in [5, 5.41) is 0. The lowest BCUT2D eigenvalue weighted by atomic mass is 9.49. The first-order valence-electron chi connectivity index (χ1n) is 11.2. The smallest absolute Gasteiger partial charge is 0.167 e. The first-order valence-corrected chi connectivity index (χ1v) is 11.2. The number of carbonyl (C=O) groups is 2. The van der Waals surface area contributed by atoms with E-state index in [2.05, 4.69) is 39.6 Å². The summed E-state index contributed by atoms with van der Waals surface area (Å²) < 4.78 is 0. The SMILES string of the molecule is CC(C)CC(=O)C1C[C@@]2(C)C(=CC1=O)N(C)C[C@H]1[C@@H]3CCC[C@@]3(C)CC[C@@H]12. The van der Waals surface area contributed by atoms with Gasteiger partial charge in [0.15, 0.2) is 5.78 Å². The Morgan fingerprint density at radius 1 is 1.22 bits per heavy atom. The van der Waals surface area contributed by atoms with E-state index in [0.29, 0.717) is 29.6 Å². The van der Waals surface area contributed by atoms with Crippen LogP contribution in [-0.4, -0.2) is 30.1 Å².